The third-order valence-corrected chi connectivity index (χ3v) is 16.8. The number of fused-ring (bicyclic) bond motifs is 5. The highest BCUT2D eigenvalue weighted by atomic mass is 32.1. The maximum absolute atomic E-state index is 14.2. The minimum atomic E-state index is -0.782. The Morgan fingerprint density at radius 3 is 1.48 bits per heavy atom. The van der Waals surface area contributed by atoms with Crippen LogP contribution in [0, 0.1) is 45.3 Å². The molecule has 0 spiro atoms. The number of ketones is 2. The van der Waals surface area contributed by atoms with Crippen LogP contribution >= 0.6 is 22.7 Å². The van der Waals surface area contributed by atoms with Gasteiger partial charge in [-0.2, -0.15) is 21.0 Å². The molecule has 6 nitrogen and oxygen atoms in total. The van der Waals surface area contributed by atoms with E-state index in [4.69, 9.17) is 0 Å². The van der Waals surface area contributed by atoms with Gasteiger partial charge in [0.15, 0.2) is 11.6 Å². The zero-order valence-electron chi connectivity index (χ0n) is 40.8. The number of hydrogen-bond donors (Lipinski definition) is 0. The van der Waals surface area contributed by atoms with E-state index in [1.165, 1.54) is 49.7 Å². The second-order valence-corrected chi connectivity index (χ2v) is 21.1. The van der Waals surface area contributed by atoms with Crippen molar-refractivity contribution in [3.63, 3.8) is 0 Å². The van der Waals surface area contributed by atoms with E-state index in [0.717, 1.165) is 78.6 Å². The largest absolute Gasteiger partial charge is 0.289 e. The second-order valence-electron chi connectivity index (χ2n) is 18.9. The van der Waals surface area contributed by atoms with Gasteiger partial charge in [0.05, 0.1) is 5.41 Å². The number of benzene rings is 5. The molecule has 0 saturated carbocycles. The molecule has 3 aliphatic rings. The van der Waals surface area contributed by atoms with Crippen LogP contribution in [0.1, 0.15) is 140 Å². The number of nitriles is 4. The summed E-state index contributed by atoms with van der Waals surface area (Å²) in [5.41, 5.74) is 11.7. The Hall–Kier alpha value is -8.24. The van der Waals surface area contributed by atoms with Crippen LogP contribution in [0.15, 0.2) is 156 Å². The number of rotatable bonds is 15. The predicted molar refractivity (Wildman–Crippen MR) is 294 cm³/mol. The summed E-state index contributed by atoms with van der Waals surface area (Å²) in [7, 11) is 0. The van der Waals surface area contributed by atoms with E-state index in [-0.39, 0.29) is 22.7 Å². The summed E-state index contributed by atoms with van der Waals surface area (Å²) in [4.78, 5) is 31.8. The minimum absolute atomic E-state index is 0.0932. The molecule has 0 fully saturated rings. The van der Waals surface area contributed by atoms with E-state index < -0.39 is 5.41 Å². The van der Waals surface area contributed by atoms with E-state index in [1.807, 2.05) is 42.5 Å². The lowest BCUT2D eigenvalue weighted by Gasteiger charge is -2.34. The molecule has 0 saturated heterocycles. The van der Waals surface area contributed by atoms with Crippen molar-refractivity contribution in [1.29, 1.82) is 21.0 Å². The van der Waals surface area contributed by atoms with Crippen LogP contribution in [0.5, 0.6) is 0 Å². The number of aryl methyl sites for hydroxylation is 2. The Kier molecular flexibility index (Phi) is 13.8. The Morgan fingerprint density at radius 2 is 0.986 bits per heavy atom. The lowest BCUT2D eigenvalue weighted by atomic mass is 9.67. The molecule has 5 aromatic carbocycles. The Balaban J connectivity index is 1.15. The topological polar surface area (TPSA) is 129 Å². The van der Waals surface area contributed by atoms with E-state index >= 15 is 0 Å². The maximum Gasteiger partial charge on any atom is 0.194 e. The van der Waals surface area contributed by atoms with Gasteiger partial charge in [-0.15, -0.1) is 22.7 Å². The van der Waals surface area contributed by atoms with Crippen molar-refractivity contribution in [3.8, 4) is 45.2 Å². The number of nitrogens with zero attached hydrogens (tertiary/aromatic N) is 4. The molecule has 8 heteroatoms. The summed E-state index contributed by atoms with van der Waals surface area (Å²) in [6, 6.07) is 53.8. The molecule has 0 atom stereocenters. The normalized spacial score (nSPS) is 14.8. The van der Waals surface area contributed by atoms with Crippen LogP contribution in [0.3, 0.4) is 0 Å². The quantitative estimate of drug-likeness (QED) is 0.0571. The lowest BCUT2D eigenvalue weighted by Crippen LogP contribution is -2.28. The minimum Gasteiger partial charge on any atom is -0.289 e. The first-order chi connectivity index (χ1) is 35.8. The molecule has 0 radical (unpaired) electrons. The average molecular weight is 983 g/mol. The van der Waals surface area contributed by atoms with Crippen molar-refractivity contribution in [2.24, 2.45) is 0 Å². The van der Waals surface area contributed by atoms with Gasteiger partial charge >= 0.3 is 0 Å². The number of carbonyl (C=O) groups excluding carboxylic acids is 2. The third kappa shape index (κ3) is 8.64. The van der Waals surface area contributed by atoms with Crippen LogP contribution in [-0.4, -0.2) is 11.6 Å². The molecular weight excluding hydrogens is 933 g/mol. The molecule has 0 bridgehead atoms. The third-order valence-electron chi connectivity index (χ3n) is 14.6. The van der Waals surface area contributed by atoms with E-state index in [1.54, 1.807) is 59.1 Å². The summed E-state index contributed by atoms with van der Waals surface area (Å²) in [5, 5.41) is 40.2. The fourth-order valence-electron chi connectivity index (χ4n) is 11.0. The van der Waals surface area contributed by atoms with Crippen LogP contribution in [0.4, 0.5) is 0 Å². The smallest absolute Gasteiger partial charge is 0.194 e. The van der Waals surface area contributed by atoms with Gasteiger partial charge in [0, 0.05) is 52.9 Å². The summed E-state index contributed by atoms with van der Waals surface area (Å²) in [6.07, 6.45) is 15.1. The molecule has 2 heterocycles. The fourth-order valence-corrected chi connectivity index (χ4v) is 13.2. The molecule has 0 unspecified atom stereocenters. The molecule has 354 valence electrons. The number of allylic oxidation sites excluding steroid dienone is 6. The van der Waals surface area contributed by atoms with Crippen molar-refractivity contribution in [2.45, 2.75) is 83.5 Å². The number of thiophene rings is 2. The van der Waals surface area contributed by atoms with Gasteiger partial charge in [-0.25, -0.2) is 0 Å². The van der Waals surface area contributed by atoms with Crippen LogP contribution in [-0.2, 0) is 18.3 Å². The van der Waals surface area contributed by atoms with Gasteiger partial charge in [-0.05, 0) is 118 Å². The van der Waals surface area contributed by atoms with E-state index in [9.17, 15) is 30.6 Å². The first-order valence-electron chi connectivity index (χ1n) is 25.2. The summed E-state index contributed by atoms with van der Waals surface area (Å²) < 4.78 is 0. The highest BCUT2D eigenvalue weighted by Crippen LogP contribution is 2.60. The van der Waals surface area contributed by atoms with Crippen molar-refractivity contribution in [2.75, 3.05) is 0 Å². The molecule has 0 N–H and O–H groups in total. The van der Waals surface area contributed by atoms with Gasteiger partial charge in [0.25, 0.3) is 0 Å². The van der Waals surface area contributed by atoms with Crippen molar-refractivity contribution < 1.29 is 9.59 Å². The SMILES string of the molecule is CCCCCCc1ccc(C2(c3ccc(CCCCCC)cc3)c3cc(-c4ccc(/C=C5\C(=O)c6ccccc6C5=C(C#N)C#N)s4)ccc3-c3sc(/C=C4\C(=O)c5ccccc5C4=C(C#N)C#N)cc32)cc1. The molecule has 7 aromatic rings. The molecular formula is C65H50N4O2S2. The summed E-state index contributed by atoms with van der Waals surface area (Å²) in [6.45, 7) is 4.47. The predicted octanol–water partition coefficient (Wildman–Crippen LogP) is 16.2. The second kappa shape index (κ2) is 20.8. The molecule has 2 aromatic heterocycles. The average Bonchev–Trinajstić information content (AvgIpc) is 4.24. The van der Waals surface area contributed by atoms with Crippen LogP contribution in [0.25, 0.3) is 44.2 Å². The lowest BCUT2D eigenvalue weighted by molar-refractivity contribution is 0.103. The highest BCUT2D eigenvalue weighted by Gasteiger charge is 2.48. The van der Waals surface area contributed by atoms with Gasteiger partial charge in [-0.1, -0.05) is 162 Å². The fraction of sp³-hybridized carbons (Fsp3) is 0.200. The van der Waals surface area contributed by atoms with Crippen molar-refractivity contribution >= 4 is 57.5 Å². The standard InChI is InChI=1S/C65H50N4O2S2/c1-3-5-7-9-15-41-21-26-46(27-22-41)65(47-28-23-42(24-29-47)16-10-8-6-4-2)57-33-43(59-32-30-48(72-59)34-55-60(44(37-66)38-67)50-17-11-13-19-52(50)62(55)70)25-31-54(57)64-58(65)36-49(73-64)35-56-61(45(39-68)40-69)51-18-12-14-20-53(51)63(56)71/h11-14,17-36H,3-10,15-16H2,1-2H3/b55-34-,56-35-. The Morgan fingerprint density at radius 1 is 0.493 bits per heavy atom. The summed E-state index contributed by atoms with van der Waals surface area (Å²) in [5.74, 6) is -0.422. The Labute approximate surface area is 435 Å². The number of unbranched alkanes of at least 4 members (excludes halogenated alkanes) is 6. The van der Waals surface area contributed by atoms with Crippen molar-refractivity contribution in [1.82, 2.24) is 0 Å². The molecule has 0 aliphatic heterocycles. The first-order valence-corrected chi connectivity index (χ1v) is 26.8. The molecule has 0 amide bonds. The van der Waals surface area contributed by atoms with E-state index in [2.05, 4.69) is 105 Å². The molecule has 10 rings (SSSR count). The monoisotopic (exact) mass is 982 g/mol. The van der Waals surface area contributed by atoms with Crippen molar-refractivity contribution in [3.05, 3.63) is 221 Å². The van der Waals surface area contributed by atoms with Gasteiger partial charge in [-0.3, -0.25) is 9.59 Å². The zero-order valence-corrected chi connectivity index (χ0v) is 42.5. The number of hydrogen-bond acceptors (Lipinski definition) is 8. The molecule has 3 aliphatic carbocycles. The number of carbonyl (C=O) groups is 2. The zero-order chi connectivity index (χ0) is 50.6. The first kappa shape index (κ1) is 48.4. The molecule has 73 heavy (non-hydrogen) atoms. The highest BCUT2D eigenvalue weighted by molar-refractivity contribution is 7.17. The van der Waals surface area contributed by atoms with Gasteiger partial charge in [0.1, 0.15) is 35.4 Å². The van der Waals surface area contributed by atoms with Gasteiger partial charge in [0.2, 0.25) is 0 Å². The number of Topliss-reactive ketones (excluding diaryl/α,β-unsaturated/α-hetero) is 2. The Bertz CT molecular complexity index is 3590. The van der Waals surface area contributed by atoms with Crippen LogP contribution in [0.2, 0.25) is 0 Å². The maximum atomic E-state index is 14.2. The van der Waals surface area contributed by atoms with Crippen LogP contribution < -0.4 is 0 Å². The van der Waals surface area contributed by atoms with E-state index in [0.29, 0.717) is 44.5 Å². The summed E-state index contributed by atoms with van der Waals surface area (Å²) >= 11 is 3.16. The van der Waals surface area contributed by atoms with Gasteiger partial charge < -0.3 is 0 Å².